The van der Waals surface area contributed by atoms with Gasteiger partial charge in [0.05, 0.1) is 65.6 Å². The second kappa shape index (κ2) is 18.7. The molecule has 1 aliphatic heterocycles. The highest BCUT2D eigenvalue weighted by Crippen LogP contribution is 2.31. The van der Waals surface area contributed by atoms with E-state index in [0.29, 0.717) is 72.0 Å². The van der Waals surface area contributed by atoms with E-state index in [1.54, 1.807) is 6.20 Å². The van der Waals surface area contributed by atoms with E-state index in [1.807, 2.05) is 12.3 Å². The highest BCUT2D eigenvalue weighted by atomic mass is 16.6. The van der Waals surface area contributed by atoms with E-state index in [4.69, 9.17) is 28.8 Å². The number of carboxylic acid groups (broad SMARTS) is 1. The lowest BCUT2D eigenvalue weighted by Gasteiger charge is -2.19. The Bertz CT molecular complexity index is 755. The zero-order valence-corrected chi connectivity index (χ0v) is 21.1. The predicted molar refractivity (Wildman–Crippen MR) is 131 cm³/mol. The van der Waals surface area contributed by atoms with Gasteiger partial charge in [-0.2, -0.15) is 0 Å². The first-order valence-corrected chi connectivity index (χ1v) is 12.4. The number of pyridine rings is 1. The Morgan fingerprint density at radius 2 is 1.58 bits per heavy atom. The van der Waals surface area contributed by atoms with Crippen LogP contribution in [0.4, 0.5) is 4.79 Å². The summed E-state index contributed by atoms with van der Waals surface area (Å²) in [7, 11) is 2.13. The molecule has 12 nitrogen and oxygen atoms in total. The van der Waals surface area contributed by atoms with E-state index in [-0.39, 0.29) is 18.9 Å². The summed E-state index contributed by atoms with van der Waals surface area (Å²) >= 11 is 0. The topological polar surface area (TPSA) is 141 Å². The molecule has 1 aliphatic rings. The normalized spacial score (nSPS) is 15.6. The number of rotatable bonds is 20. The number of hydrogen-bond acceptors (Lipinski definition) is 9. The smallest absolute Gasteiger partial charge is 0.404 e. The van der Waals surface area contributed by atoms with E-state index < -0.39 is 6.09 Å². The molecule has 1 atom stereocenters. The summed E-state index contributed by atoms with van der Waals surface area (Å²) in [6.45, 7) is 5.25. The molecule has 2 amide bonds. The molecule has 0 aliphatic carbocycles. The highest BCUT2D eigenvalue weighted by Gasteiger charge is 2.23. The number of hydrogen-bond donors (Lipinski definition) is 3. The van der Waals surface area contributed by atoms with Crippen LogP contribution >= 0.6 is 0 Å². The summed E-state index contributed by atoms with van der Waals surface area (Å²) in [5, 5.41) is 13.4. The minimum atomic E-state index is -1.07. The lowest BCUT2D eigenvalue weighted by atomic mass is 10.1. The number of nitrogens with zero attached hydrogens (tertiary/aromatic N) is 2. The lowest BCUT2D eigenvalue weighted by molar-refractivity contribution is -0.122. The standard InChI is InChI=1S/C24H40N4O8/c1-28-7-2-3-22(28)20-17-21(19-25-18-20)36-10-6-26-23(29)4-8-32-11-13-34-15-16-35-14-12-33-9-5-27-24(30)31/h17-19,22,27H,2-16H2,1H3,(H,26,29)(H,30,31)/t22-/m0/s1. The van der Waals surface area contributed by atoms with Gasteiger partial charge in [0, 0.05) is 25.2 Å². The molecule has 1 aromatic heterocycles. The van der Waals surface area contributed by atoms with Gasteiger partial charge in [0.25, 0.3) is 0 Å². The van der Waals surface area contributed by atoms with Gasteiger partial charge in [-0.25, -0.2) is 4.79 Å². The predicted octanol–water partition coefficient (Wildman–Crippen LogP) is 1.07. The Labute approximate surface area is 212 Å². The molecule has 3 N–H and O–H groups in total. The summed E-state index contributed by atoms with van der Waals surface area (Å²) in [5.74, 6) is 0.628. The van der Waals surface area contributed by atoms with Gasteiger partial charge in [0.15, 0.2) is 0 Å². The number of aromatic nitrogens is 1. The van der Waals surface area contributed by atoms with Crippen LogP contribution in [0, 0.1) is 0 Å². The van der Waals surface area contributed by atoms with Crippen LogP contribution in [-0.2, 0) is 23.7 Å². The van der Waals surface area contributed by atoms with Gasteiger partial charge in [-0.3, -0.25) is 14.7 Å². The molecular weight excluding hydrogens is 472 g/mol. The van der Waals surface area contributed by atoms with E-state index in [2.05, 4.69) is 27.6 Å². The summed E-state index contributed by atoms with van der Waals surface area (Å²) in [5.41, 5.74) is 1.17. The van der Waals surface area contributed by atoms with Crippen LogP contribution in [0.25, 0.3) is 0 Å². The van der Waals surface area contributed by atoms with Crippen LogP contribution in [0.3, 0.4) is 0 Å². The first-order chi connectivity index (χ1) is 17.6. The monoisotopic (exact) mass is 512 g/mol. The van der Waals surface area contributed by atoms with Crippen LogP contribution < -0.4 is 15.4 Å². The summed E-state index contributed by atoms with van der Waals surface area (Å²) < 4.78 is 27.1. The largest absolute Gasteiger partial charge is 0.490 e. The third kappa shape index (κ3) is 13.5. The first-order valence-electron chi connectivity index (χ1n) is 12.4. The van der Waals surface area contributed by atoms with Crippen molar-refractivity contribution in [2.24, 2.45) is 0 Å². The fourth-order valence-corrected chi connectivity index (χ4v) is 3.63. The van der Waals surface area contributed by atoms with E-state index in [1.165, 1.54) is 12.0 Å². The van der Waals surface area contributed by atoms with Gasteiger partial charge in [0.1, 0.15) is 12.4 Å². The molecule has 12 heteroatoms. The van der Waals surface area contributed by atoms with Crippen molar-refractivity contribution in [1.82, 2.24) is 20.5 Å². The van der Waals surface area contributed by atoms with Crippen LogP contribution in [0.2, 0.25) is 0 Å². The van der Waals surface area contributed by atoms with Crippen molar-refractivity contribution in [2.75, 3.05) is 86.1 Å². The number of ether oxygens (including phenoxy) is 5. The SMILES string of the molecule is CN1CCC[C@H]1c1cncc(OCCNC(=O)CCOCCOCCOCCOCCNC(=O)O)c1. The third-order valence-electron chi connectivity index (χ3n) is 5.44. The quantitative estimate of drug-likeness (QED) is 0.217. The van der Waals surface area contributed by atoms with Crippen LogP contribution in [-0.4, -0.2) is 113 Å². The zero-order chi connectivity index (χ0) is 25.8. The van der Waals surface area contributed by atoms with Gasteiger partial charge in [0.2, 0.25) is 5.91 Å². The Balaban J connectivity index is 1.35. The summed E-state index contributed by atoms with van der Waals surface area (Å²) in [6, 6.07) is 2.43. The van der Waals surface area contributed by atoms with Crippen molar-refractivity contribution < 1.29 is 38.4 Å². The minimum absolute atomic E-state index is 0.0895. The summed E-state index contributed by atoms with van der Waals surface area (Å²) in [6.07, 6.45) is 5.13. The first kappa shape index (κ1) is 29.7. The molecule has 0 bridgehead atoms. The molecule has 0 radical (unpaired) electrons. The van der Waals surface area contributed by atoms with Gasteiger partial charge in [-0.05, 0) is 38.1 Å². The van der Waals surface area contributed by atoms with Crippen LogP contribution in [0.15, 0.2) is 18.5 Å². The Morgan fingerprint density at radius 3 is 2.22 bits per heavy atom. The van der Waals surface area contributed by atoms with E-state index in [9.17, 15) is 9.59 Å². The number of carbonyl (C=O) groups excluding carboxylic acids is 1. The zero-order valence-electron chi connectivity index (χ0n) is 21.1. The Morgan fingerprint density at radius 1 is 0.944 bits per heavy atom. The Kier molecular flexibility index (Phi) is 15.5. The van der Waals surface area contributed by atoms with Crippen molar-refractivity contribution in [3.05, 3.63) is 24.0 Å². The van der Waals surface area contributed by atoms with Gasteiger partial charge in [-0.15, -0.1) is 0 Å². The van der Waals surface area contributed by atoms with Crippen molar-refractivity contribution in [3.8, 4) is 5.75 Å². The van der Waals surface area contributed by atoms with E-state index in [0.717, 1.165) is 18.7 Å². The fourth-order valence-electron chi connectivity index (χ4n) is 3.63. The molecule has 2 heterocycles. The fraction of sp³-hybridized carbons (Fsp3) is 0.708. The molecule has 0 aromatic carbocycles. The maximum absolute atomic E-state index is 11.9. The molecular formula is C24H40N4O8. The highest BCUT2D eigenvalue weighted by molar-refractivity contribution is 5.75. The lowest BCUT2D eigenvalue weighted by Crippen LogP contribution is -2.29. The van der Waals surface area contributed by atoms with Crippen molar-refractivity contribution in [2.45, 2.75) is 25.3 Å². The van der Waals surface area contributed by atoms with Crippen LogP contribution in [0.1, 0.15) is 30.9 Å². The molecule has 1 saturated heterocycles. The molecule has 0 saturated carbocycles. The minimum Gasteiger partial charge on any atom is -0.490 e. The molecule has 204 valence electrons. The number of likely N-dealkylation sites (tertiary alicyclic amines) is 1. The average molecular weight is 513 g/mol. The molecule has 36 heavy (non-hydrogen) atoms. The number of nitrogens with one attached hydrogen (secondary N) is 2. The van der Waals surface area contributed by atoms with Crippen molar-refractivity contribution in [1.29, 1.82) is 0 Å². The molecule has 1 aromatic rings. The molecule has 0 spiro atoms. The number of amides is 2. The summed E-state index contributed by atoms with van der Waals surface area (Å²) in [4.78, 5) is 28.8. The Hall–Kier alpha value is -2.51. The number of carbonyl (C=O) groups is 2. The molecule has 0 unspecified atom stereocenters. The third-order valence-corrected chi connectivity index (χ3v) is 5.44. The van der Waals surface area contributed by atoms with Crippen molar-refractivity contribution >= 4 is 12.0 Å². The second-order valence-electron chi connectivity index (χ2n) is 8.22. The molecule has 2 rings (SSSR count). The average Bonchev–Trinajstić information content (AvgIpc) is 3.30. The van der Waals surface area contributed by atoms with Gasteiger partial charge < -0.3 is 39.4 Å². The maximum Gasteiger partial charge on any atom is 0.404 e. The molecule has 1 fully saturated rings. The van der Waals surface area contributed by atoms with Crippen molar-refractivity contribution in [3.63, 3.8) is 0 Å². The maximum atomic E-state index is 11.9. The van der Waals surface area contributed by atoms with Gasteiger partial charge in [-0.1, -0.05) is 0 Å². The van der Waals surface area contributed by atoms with Crippen LogP contribution in [0.5, 0.6) is 5.75 Å². The second-order valence-corrected chi connectivity index (χ2v) is 8.22. The van der Waals surface area contributed by atoms with E-state index >= 15 is 0 Å². The van der Waals surface area contributed by atoms with Gasteiger partial charge >= 0.3 is 6.09 Å².